The topological polar surface area (TPSA) is 82.7 Å². The fourth-order valence-corrected chi connectivity index (χ4v) is 3.34. The van der Waals surface area contributed by atoms with E-state index < -0.39 is 0 Å². The van der Waals surface area contributed by atoms with Crippen molar-refractivity contribution in [2.75, 3.05) is 6.54 Å². The van der Waals surface area contributed by atoms with Crippen molar-refractivity contribution in [2.24, 2.45) is 4.99 Å². The summed E-state index contributed by atoms with van der Waals surface area (Å²) in [5.41, 5.74) is 4.48. The number of fused-ring (bicyclic) bond motifs is 1. The van der Waals surface area contributed by atoms with Gasteiger partial charge in [0.25, 0.3) is 0 Å². The molecule has 1 aliphatic carbocycles. The number of aliphatic imine (C=N–C) groups is 1. The van der Waals surface area contributed by atoms with E-state index in [1.165, 1.54) is 24.0 Å². The molecule has 0 aliphatic heterocycles. The van der Waals surface area contributed by atoms with Crippen LogP contribution in [-0.4, -0.2) is 22.6 Å². The van der Waals surface area contributed by atoms with Crippen LogP contribution < -0.4 is 10.6 Å². The first-order valence-electron chi connectivity index (χ1n) is 9.36. The predicted molar refractivity (Wildman–Crippen MR) is 102 cm³/mol. The zero-order valence-electron chi connectivity index (χ0n) is 15.9. The molecular weight excluding hydrogens is 328 g/mol. The van der Waals surface area contributed by atoms with E-state index in [9.17, 15) is 5.11 Å². The van der Waals surface area contributed by atoms with Crippen molar-refractivity contribution in [3.05, 3.63) is 46.2 Å². The molecule has 6 nitrogen and oxygen atoms in total. The van der Waals surface area contributed by atoms with Crippen molar-refractivity contribution in [3.63, 3.8) is 0 Å². The number of phenolic OH excluding ortho intramolecular Hbond substituents is 1. The Labute approximate surface area is 154 Å². The molecule has 1 aromatic heterocycles. The average molecular weight is 356 g/mol. The summed E-state index contributed by atoms with van der Waals surface area (Å²) in [7, 11) is 0. The van der Waals surface area contributed by atoms with Crippen LogP contribution in [0.1, 0.15) is 53.8 Å². The molecule has 3 rings (SSSR count). The lowest BCUT2D eigenvalue weighted by Crippen LogP contribution is -2.36. The monoisotopic (exact) mass is 356 g/mol. The molecule has 0 amide bonds. The number of aromatic hydroxyl groups is 1. The van der Waals surface area contributed by atoms with Crippen LogP contribution >= 0.6 is 0 Å². The van der Waals surface area contributed by atoms with Crippen molar-refractivity contribution in [1.82, 2.24) is 15.6 Å². The Morgan fingerprint density at radius 3 is 2.77 bits per heavy atom. The molecule has 0 bridgehead atoms. The van der Waals surface area contributed by atoms with Crippen molar-refractivity contribution in [1.29, 1.82) is 0 Å². The number of hydrogen-bond acceptors (Lipinski definition) is 4. The van der Waals surface area contributed by atoms with Crippen LogP contribution in [0.4, 0.5) is 0 Å². The number of aromatic nitrogens is 1. The normalized spacial score (nSPS) is 14.2. The third kappa shape index (κ3) is 4.18. The summed E-state index contributed by atoms with van der Waals surface area (Å²) in [6, 6.07) is 3.85. The van der Waals surface area contributed by atoms with E-state index >= 15 is 0 Å². The lowest BCUT2D eigenvalue weighted by atomic mass is 9.88. The molecule has 6 heteroatoms. The number of guanidine groups is 1. The number of rotatable bonds is 5. The highest BCUT2D eigenvalue weighted by atomic mass is 16.4. The second-order valence-corrected chi connectivity index (χ2v) is 6.71. The molecule has 0 saturated heterocycles. The van der Waals surface area contributed by atoms with Crippen LogP contribution in [0.3, 0.4) is 0 Å². The van der Waals surface area contributed by atoms with E-state index in [0.717, 1.165) is 36.4 Å². The fraction of sp³-hybridized carbons (Fsp3) is 0.500. The Balaban J connectivity index is 1.73. The van der Waals surface area contributed by atoms with Gasteiger partial charge in [0, 0.05) is 12.1 Å². The van der Waals surface area contributed by atoms with Gasteiger partial charge in [-0.25, -0.2) is 9.98 Å². The van der Waals surface area contributed by atoms with Gasteiger partial charge in [0.05, 0.1) is 18.8 Å². The number of phenols is 1. The summed E-state index contributed by atoms with van der Waals surface area (Å²) in [5, 5.41) is 16.8. The van der Waals surface area contributed by atoms with Gasteiger partial charge >= 0.3 is 0 Å². The first kappa shape index (κ1) is 18.3. The van der Waals surface area contributed by atoms with Crippen LogP contribution in [0.2, 0.25) is 0 Å². The highest BCUT2D eigenvalue weighted by molar-refractivity contribution is 5.79. The largest absolute Gasteiger partial charge is 0.508 e. The van der Waals surface area contributed by atoms with Gasteiger partial charge in [-0.2, -0.15) is 0 Å². The number of hydrogen-bond donors (Lipinski definition) is 3. The van der Waals surface area contributed by atoms with Gasteiger partial charge in [0.1, 0.15) is 11.5 Å². The Morgan fingerprint density at radius 1 is 1.23 bits per heavy atom. The maximum atomic E-state index is 10.3. The molecular formula is C20H28N4O2. The van der Waals surface area contributed by atoms with Gasteiger partial charge in [-0.1, -0.05) is 6.07 Å². The second kappa shape index (κ2) is 8.25. The van der Waals surface area contributed by atoms with Crippen LogP contribution in [0.5, 0.6) is 5.75 Å². The lowest BCUT2D eigenvalue weighted by Gasteiger charge is -2.20. The standard InChI is InChI=1S/C20H28N4O2/c1-4-21-20(23-12-19-24-13(2)14(3)26-19)22-11-17-16-8-6-5-7-15(16)9-10-18(17)25/h9-10,25H,4-8,11-12H2,1-3H3,(H2,21,22,23). The minimum atomic E-state index is 0.337. The maximum Gasteiger partial charge on any atom is 0.214 e. The molecule has 2 aromatic rings. The molecule has 3 N–H and O–H groups in total. The summed E-state index contributed by atoms with van der Waals surface area (Å²) < 4.78 is 5.60. The Bertz CT molecular complexity index is 776. The molecule has 0 fully saturated rings. The molecule has 0 saturated carbocycles. The van der Waals surface area contributed by atoms with Crippen molar-refractivity contribution < 1.29 is 9.52 Å². The summed E-state index contributed by atoms with van der Waals surface area (Å²) in [5.74, 6) is 2.51. The van der Waals surface area contributed by atoms with Crippen molar-refractivity contribution in [2.45, 2.75) is 59.5 Å². The number of oxazole rings is 1. The third-order valence-electron chi connectivity index (χ3n) is 4.85. The number of nitrogens with one attached hydrogen (secondary N) is 2. The molecule has 26 heavy (non-hydrogen) atoms. The maximum absolute atomic E-state index is 10.3. The minimum absolute atomic E-state index is 0.337. The molecule has 0 atom stereocenters. The predicted octanol–water partition coefficient (Wildman–Crippen LogP) is 3.13. The zero-order valence-corrected chi connectivity index (χ0v) is 15.9. The summed E-state index contributed by atoms with van der Waals surface area (Å²) >= 11 is 0. The number of aryl methyl sites for hydroxylation is 3. The van der Waals surface area contributed by atoms with Gasteiger partial charge < -0.3 is 20.2 Å². The molecule has 1 aromatic carbocycles. The van der Waals surface area contributed by atoms with E-state index in [-0.39, 0.29) is 0 Å². The van der Waals surface area contributed by atoms with Gasteiger partial charge in [0.2, 0.25) is 5.89 Å². The summed E-state index contributed by atoms with van der Waals surface area (Å²) in [6.45, 7) is 7.55. The average Bonchev–Trinajstić information content (AvgIpc) is 2.96. The van der Waals surface area contributed by atoms with Crippen LogP contribution in [-0.2, 0) is 25.9 Å². The minimum Gasteiger partial charge on any atom is -0.508 e. The van der Waals surface area contributed by atoms with E-state index in [2.05, 4.69) is 20.6 Å². The Kier molecular flexibility index (Phi) is 5.81. The Morgan fingerprint density at radius 2 is 2.04 bits per heavy atom. The van der Waals surface area contributed by atoms with Crippen LogP contribution in [0.15, 0.2) is 21.5 Å². The van der Waals surface area contributed by atoms with Crippen molar-refractivity contribution >= 4 is 5.96 Å². The lowest BCUT2D eigenvalue weighted by molar-refractivity contribution is 0.462. The first-order valence-corrected chi connectivity index (χ1v) is 9.36. The van der Waals surface area contributed by atoms with E-state index in [1.54, 1.807) is 6.07 Å². The molecule has 1 aliphatic rings. The highest BCUT2D eigenvalue weighted by Gasteiger charge is 2.16. The van der Waals surface area contributed by atoms with Gasteiger partial charge in [-0.05, 0) is 63.6 Å². The molecule has 140 valence electrons. The van der Waals surface area contributed by atoms with Gasteiger partial charge in [-0.15, -0.1) is 0 Å². The highest BCUT2D eigenvalue weighted by Crippen LogP contribution is 2.31. The summed E-state index contributed by atoms with van der Waals surface area (Å²) in [4.78, 5) is 9.04. The smallest absolute Gasteiger partial charge is 0.214 e. The molecule has 0 radical (unpaired) electrons. The fourth-order valence-electron chi connectivity index (χ4n) is 3.34. The third-order valence-corrected chi connectivity index (χ3v) is 4.85. The number of benzene rings is 1. The van der Waals surface area contributed by atoms with E-state index in [4.69, 9.17) is 4.42 Å². The molecule has 0 unspecified atom stereocenters. The first-order chi connectivity index (χ1) is 12.6. The molecule has 1 heterocycles. The van der Waals surface area contributed by atoms with Gasteiger partial charge in [-0.3, -0.25) is 0 Å². The van der Waals surface area contributed by atoms with Crippen LogP contribution in [0, 0.1) is 13.8 Å². The summed E-state index contributed by atoms with van der Waals surface area (Å²) in [6.07, 6.45) is 4.51. The number of nitrogens with zero attached hydrogens (tertiary/aromatic N) is 2. The quantitative estimate of drug-likeness (QED) is 0.566. The second-order valence-electron chi connectivity index (χ2n) is 6.71. The Hall–Kier alpha value is -2.50. The van der Waals surface area contributed by atoms with Crippen LogP contribution in [0.25, 0.3) is 0 Å². The van der Waals surface area contributed by atoms with E-state index in [1.807, 2.05) is 26.8 Å². The molecule has 0 spiro atoms. The van der Waals surface area contributed by atoms with Gasteiger partial charge in [0.15, 0.2) is 5.96 Å². The zero-order chi connectivity index (χ0) is 18.5. The van der Waals surface area contributed by atoms with E-state index in [0.29, 0.717) is 30.7 Å². The SMILES string of the molecule is CCNC(=NCc1c(O)ccc2c1CCCC2)NCc1nc(C)c(C)o1. The van der Waals surface area contributed by atoms with Crippen molar-refractivity contribution in [3.8, 4) is 5.75 Å².